The number of aryl methyl sites for hydroxylation is 1. The van der Waals surface area contributed by atoms with Gasteiger partial charge in [0.25, 0.3) is 0 Å². The fraction of sp³-hybridized carbons (Fsp3) is 0.182. The summed E-state index contributed by atoms with van der Waals surface area (Å²) in [5, 5.41) is 0.608. The molecule has 2 aromatic rings. The predicted octanol–water partition coefficient (Wildman–Crippen LogP) is 1.77. The van der Waals surface area contributed by atoms with Gasteiger partial charge in [0.1, 0.15) is 5.01 Å². The summed E-state index contributed by atoms with van der Waals surface area (Å²) in [5.74, 6) is -0.687. The Labute approximate surface area is 101 Å². The van der Waals surface area contributed by atoms with Gasteiger partial charge in [-0.15, -0.1) is 11.3 Å². The van der Waals surface area contributed by atoms with Crippen molar-refractivity contribution in [3.63, 3.8) is 0 Å². The number of esters is 1. The van der Waals surface area contributed by atoms with Gasteiger partial charge in [-0.25, -0.2) is 9.78 Å². The molecule has 0 unspecified atom stereocenters. The third-order valence-electron chi connectivity index (χ3n) is 2.10. The maximum absolute atomic E-state index is 11.2. The van der Waals surface area contributed by atoms with E-state index in [4.69, 9.17) is 5.73 Å². The Hall–Kier alpha value is -1.95. The summed E-state index contributed by atoms with van der Waals surface area (Å²) in [6, 6.07) is 5.84. The van der Waals surface area contributed by atoms with Crippen molar-refractivity contribution in [3.05, 3.63) is 28.8 Å². The first kappa shape index (κ1) is 11.5. The summed E-state index contributed by atoms with van der Waals surface area (Å²) in [7, 11) is 0. The standard InChI is InChI=1S/C11H10N2O3S/c1-6-2-3-7-8(4-6)17-9(13-7)5-10(14)16-11(12)15/h2-4H,5H2,1H3,(H2,12,15). The minimum atomic E-state index is -1.09. The third-order valence-corrected chi connectivity index (χ3v) is 3.12. The zero-order valence-corrected chi connectivity index (χ0v) is 9.91. The van der Waals surface area contributed by atoms with Crippen LogP contribution < -0.4 is 5.73 Å². The molecule has 0 aliphatic heterocycles. The maximum Gasteiger partial charge on any atom is 0.412 e. The van der Waals surface area contributed by atoms with Crippen LogP contribution in [0.1, 0.15) is 10.6 Å². The van der Waals surface area contributed by atoms with E-state index in [0.717, 1.165) is 15.8 Å². The average molecular weight is 250 g/mol. The topological polar surface area (TPSA) is 82.3 Å². The molecule has 0 spiro atoms. The summed E-state index contributed by atoms with van der Waals surface area (Å²) in [4.78, 5) is 25.9. The van der Waals surface area contributed by atoms with Gasteiger partial charge in [-0.1, -0.05) is 6.07 Å². The number of benzene rings is 1. The molecule has 1 aromatic heterocycles. The molecule has 1 heterocycles. The molecule has 6 heteroatoms. The van der Waals surface area contributed by atoms with Gasteiger partial charge in [-0.2, -0.15) is 0 Å². The van der Waals surface area contributed by atoms with Crippen LogP contribution in [0.3, 0.4) is 0 Å². The van der Waals surface area contributed by atoms with E-state index >= 15 is 0 Å². The number of hydrogen-bond donors (Lipinski definition) is 1. The Morgan fingerprint density at radius 3 is 2.94 bits per heavy atom. The second-order valence-corrected chi connectivity index (χ2v) is 4.66. The van der Waals surface area contributed by atoms with Crippen LogP contribution >= 0.6 is 11.3 Å². The Morgan fingerprint density at radius 1 is 1.47 bits per heavy atom. The van der Waals surface area contributed by atoms with Crippen molar-refractivity contribution in [2.75, 3.05) is 0 Å². The second-order valence-electron chi connectivity index (χ2n) is 3.55. The van der Waals surface area contributed by atoms with Crippen molar-refractivity contribution in [3.8, 4) is 0 Å². The number of amides is 1. The third kappa shape index (κ3) is 2.79. The van der Waals surface area contributed by atoms with Crippen LogP contribution in [-0.4, -0.2) is 17.0 Å². The molecule has 0 saturated carbocycles. The number of nitrogens with zero attached hydrogens (tertiary/aromatic N) is 1. The molecule has 1 amide bonds. The fourth-order valence-corrected chi connectivity index (χ4v) is 2.48. The van der Waals surface area contributed by atoms with Crippen molar-refractivity contribution in [1.29, 1.82) is 0 Å². The lowest BCUT2D eigenvalue weighted by Gasteiger charge is -1.95. The number of nitrogens with two attached hydrogens (primary N) is 1. The van der Waals surface area contributed by atoms with Crippen molar-refractivity contribution in [1.82, 2.24) is 4.98 Å². The maximum atomic E-state index is 11.2. The molecule has 0 radical (unpaired) electrons. The number of carbonyl (C=O) groups is 2. The average Bonchev–Trinajstić information content (AvgIpc) is 2.57. The van der Waals surface area contributed by atoms with Crippen molar-refractivity contribution in [2.24, 2.45) is 5.73 Å². The molecule has 1 aromatic carbocycles. The first-order valence-corrected chi connectivity index (χ1v) is 5.72. The van der Waals surface area contributed by atoms with E-state index < -0.39 is 12.1 Å². The molecule has 0 aliphatic carbocycles. The number of hydrogen-bond acceptors (Lipinski definition) is 5. The largest absolute Gasteiger partial charge is 0.412 e. The van der Waals surface area contributed by atoms with Crippen LogP contribution in [0, 0.1) is 6.92 Å². The molecular formula is C11H10N2O3S. The van der Waals surface area contributed by atoms with Crippen LogP contribution in [0.5, 0.6) is 0 Å². The molecule has 0 fully saturated rings. The highest BCUT2D eigenvalue weighted by molar-refractivity contribution is 7.18. The van der Waals surface area contributed by atoms with E-state index in [-0.39, 0.29) is 6.42 Å². The Kier molecular flexibility index (Phi) is 3.06. The van der Waals surface area contributed by atoms with E-state index in [9.17, 15) is 9.59 Å². The number of rotatable bonds is 2. The molecule has 0 bridgehead atoms. The second kappa shape index (κ2) is 4.50. The van der Waals surface area contributed by atoms with Gasteiger partial charge >= 0.3 is 12.1 Å². The molecular weight excluding hydrogens is 240 g/mol. The minimum absolute atomic E-state index is 0.0403. The van der Waals surface area contributed by atoms with Crippen molar-refractivity contribution >= 4 is 33.6 Å². The number of carbonyl (C=O) groups excluding carboxylic acids is 2. The van der Waals surface area contributed by atoms with E-state index in [0.29, 0.717) is 5.01 Å². The Balaban J connectivity index is 2.19. The van der Waals surface area contributed by atoms with Crippen LogP contribution in [0.2, 0.25) is 0 Å². The van der Waals surface area contributed by atoms with Crippen molar-refractivity contribution in [2.45, 2.75) is 13.3 Å². The molecule has 0 aliphatic rings. The van der Waals surface area contributed by atoms with Crippen LogP contribution in [0.15, 0.2) is 18.2 Å². The van der Waals surface area contributed by atoms with Crippen LogP contribution in [0.25, 0.3) is 10.2 Å². The van der Waals surface area contributed by atoms with Gasteiger partial charge in [0, 0.05) is 0 Å². The van der Waals surface area contributed by atoms with Crippen molar-refractivity contribution < 1.29 is 14.3 Å². The minimum Gasteiger partial charge on any atom is -0.376 e. The highest BCUT2D eigenvalue weighted by Gasteiger charge is 2.12. The van der Waals surface area contributed by atoms with Gasteiger partial charge in [-0.05, 0) is 24.6 Å². The predicted molar refractivity (Wildman–Crippen MR) is 63.7 cm³/mol. The van der Waals surface area contributed by atoms with E-state index in [1.54, 1.807) is 0 Å². The first-order chi connectivity index (χ1) is 8.04. The quantitative estimate of drug-likeness (QED) is 0.650. The first-order valence-electron chi connectivity index (χ1n) is 4.91. The number of ether oxygens (including phenoxy) is 1. The molecule has 17 heavy (non-hydrogen) atoms. The van der Waals surface area contributed by atoms with Gasteiger partial charge in [0.2, 0.25) is 0 Å². The summed E-state index contributed by atoms with van der Waals surface area (Å²) in [5.41, 5.74) is 6.71. The van der Waals surface area contributed by atoms with E-state index in [1.165, 1.54) is 11.3 Å². The molecule has 2 N–H and O–H groups in total. The van der Waals surface area contributed by atoms with Crippen LogP contribution in [0.4, 0.5) is 4.79 Å². The number of thiazole rings is 1. The molecule has 5 nitrogen and oxygen atoms in total. The summed E-state index contributed by atoms with van der Waals surface area (Å²) in [6.07, 6.45) is -1.13. The van der Waals surface area contributed by atoms with E-state index in [2.05, 4.69) is 9.72 Å². The summed E-state index contributed by atoms with van der Waals surface area (Å²) >= 11 is 1.40. The van der Waals surface area contributed by atoms with Gasteiger partial charge in [-0.3, -0.25) is 4.79 Å². The summed E-state index contributed by atoms with van der Waals surface area (Å²) in [6.45, 7) is 1.99. The molecule has 0 atom stereocenters. The molecule has 0 saturated heterocycles. The highest BCUT2D eigenvalue weighted by atomic mass is 32.1. The molecule has 88 valence electrons. The summed E-state index contributed by atoms with van der Waals surface area (Å²) < 4.78 is 5.25. The monoisotopic (exact) mass is 250 g/mol. The van der Waals surface area contributed by atoms with Gasteiger partial charge in [0.15, 0.2) is 0 Å². The lowest BCUT2D eigenvalue weighted by Crippen LogP contribution is -2.19. The van der Waals surface area contributed by atoms with Gasteiger partial charge < -0.3 is 10.5 Å². The zero-order chi connectivity index (χ0) is 12.4. The van der Waals surface area contributed by atoms with Gasteiger partial charge in [0.05, 0.1) is 16.6 Å². The SMILES string of the molecule is Cc1ccc2nc(CC(=O)OC(N)=O)sc2c1. The highest BCUT2D eigenvalue weighted by Crippen LogP contribution is 2.23. The number of fused-ring (bicyclic) bond motifs is 1. The van der Waals surface area contributed by atoms with Crippen LogP contribution in [-0.2, 0) is 16.0 Å². The Bertz CT molecular complexity index is 591. The lowest BCUT2D eigenvalue weighted by atomic mass is 10.2. The lowest BCUT2D eigenvalue weighted by molar-refractivity contribution is -0.136. The molecule has 2 rings (SSSR count). The zero-order valence-electron chi connectivity index (χ0n) is 9.10. The number of aromatic nitrogens is 1. The number of primary amides is 1. The van der Waals surface area contributed by atoms with E-state index in [1.807, 2.05) is 25.1 Å². The fourth-order valence-electron chi connectivity index (χ4n) is 1.43. The Morgan fingerprint density at radius 2 is 2.24 bits per heavy atom. The normalized spacial score (nSPS) is 10.4. The smallest absolute Gasteiger partial charge is 0.376 e.